The number of carbonyl (C=O) groups is 1. The molecule has 3 aliphatic rings. The zero-order chi connectivity index (χ0) is 32.6. The second kappa shape index (κ2) is 13.2. The van der Waals surface area contributed by atoms with Crippen molar-refractivity contribution in [3.8, 4) is 28.4 Å². The Morgan fingerprint density at radius 1 is 0.917 bits per heavy atom. The average Bonchev–Trinajstić information content (AvgIpc) is 3.85. The summed E-state index contributed by atoms with van der Waals surface area (Å²) in [5.41, 5.74) is 9.29. The first-order valence-electron chi connectivity index (χ1n) is 17.3. The van der Waals surface area contributed by atoms with Crippen LogP contribution in [0.5, 0.6) is 5.75 Å². The summed E-state index contributed by atoms with van der Waals surface area (Å²) in [5, 5.41) is 7.34. The van der Waals surface area contributed by atoms with Crippen molar-refractivity contribution in [1.82, 2.24) is 19.7 Å². The minimum Gasteiger partial charge on any atom is -0.489 e. The second-order valence-electron chi connectivity index (χ2n) is 13.3. The Balaban J connectivity index is 1.10. The molecule has 48 heavy (non-hydrogen) atoms. The summed E-state index contributed by atoms with van der Waals surface area (Å²) in [5.74, 6) is 2.30. The summed E-state index contributed by atoms with van der Waals surface area (Å²) in [4.78, 5) is 21.3. The highest BCUT2D eigenvalue weighted by Crippen LogP contribution is 2.44. The van der Waals surface area contributed by atoms with E-state index in [-0.39, 0.29) is 5.91 Å². The summed E-state index contributed by atoms with van der Waals surface area (Å²) in [6, 6.07) is 21.6. The number of nitrogens with zero attached hydrogens (tertiary/aromatic N) is 4. The molecule has 0 unspecified atom stereocenters. The number of aromatic amines is 2. The maximum atomic E-state index is 12.5. The van der Waals surface area contributed by atoms with Gasteiger partial charge in [0.1, 0.15) is 12.4 Å². The smallest absolute Gasteiger partial charge is 0.227 e. The fourth-order valence-corrected chi connectivity index (χ4v) is 8.08. The third-order valence-corrected chi connectivity index (χ3v) is 10.5. The van der Waals surface area contributed by atoms with Crippen LogP contribution in [-0.4, -0.2) is 58.5 Å². The number of aryl methyl sites for hydroxylation is 1. The molecular weight excluding hydrogens is 621 g/mol. The SMILES string of the molecule is Cn1c(-c2ccc(OCc3cc(N4CCCC4=O)ccc3N3CCOCC3)cc2)c(C2CCCCC2)c2ccc(-c3nc(=S)[nH][nH]3)cc21. The number of H-pyrrole nitrogens is 2. The van der Waals surface area contributed by atoms with Gasteiger partial charge in [-0.25, -0.2) is 0 Å². The van der Waals surface area contributed by atoms with Crippen molar-refractivity contribution in [3.05, 3.63) is 76.6 Å². The van der Waals surface area contributed by atoms with Crippen molar-refractivity contribution in [1.29, 1.82) is 0 Å². The Bertz CT molecular complexity index is 2000. The molecule has 0 bridgehead atoms. The highest BCUT2D eigenvalue weighted by Gasteiger charge is 2.27. The number of benzene rings is 3. The lowest BCUT2D eigenvalue weighted by molar-refractivity contribution is -0.117. The molecule has 1 aliphatic carbocycles. The fraction of sp³-hybridized carbons (Fsp3) is 0.395. The zero-order valence-corrected chi connectivity index (χ0v) is 28.3. The summed E-state index contributed by atoms with van der Waals surface area (Å²) < 4.78 is 14.9. The van der Waals surface area contributed by atoms with Crippen LogP contribution >= 0.6 is 12.2 Å². The van der Waals surface area contributed by atoms with E-state index in [1.807, 2.05) is 4.90 Å². The molecule has 4 heterocycles. The van der Waals surface area contributed by atoms with Crippen LogP contribution in [0.15, 0.2) is 60.7 Å². The van der Waals surface area contributed by atoms with Gasteiger partial charge in [0.05, 0.1) is 18.9 Å². The van der Waals surface area contributed by atoms with Gasteiger partial charge in [-0.15, -0.1) is 0 Å². The van der Waals surface area contributed by atoms with E-state index >= 15 is 0 Å². The number of ether oxygens (including phenoxy) is 2. The topological polar surface area (TPSA) is 91.4 Å². The van der Waals surface area contributed by atoms with Crippen molar-refractivity contribution < 1.29 is 14.3 Å². The van der Waals surface area contributed by atoms with E-state index < -0.39 is 0 Å². The lowest BCUT2D eigenvalue weighted by Gasteiger charge is -2.31. The maximum absolute atomic E-state index is 12.5. The molecule has 5 aromatic rings. The predicted octanol–water partition coefficient (Wildman–Crippen LogP) is 7.88. The number of fused-ring (bicyclic) bond motifs is 1. The third kappa shape index (κ3) is 5.92. The minimum absolute atomic E-state index is 0.193. The van der Waals surface area contributed by atoms with Gasteiger partial charge in [0.2, 0.25) is 10.7 Å². The molecule has 3 fully saturated rings. The predicted molar refractivity (Wildman–Crippen MR) is 192 cm³/mol. The van der Waals surface area contributed by atoms with Crippen molar-refractivity contribution >= 4 is 40.4 Å². The van der Waals surface area contributed by atoms with E-state index in [9.17, 15) is 4.79 Å². The van der Waals surface area contributed by atoms with Crippen molar-refractivity contribution in [2.24, 2.45) is 7.05 Å². The van der Waals surface area contributed by atoms with E-state index in [1.165, 1.54) is 59.8 Å². The Morgan fingerprint density at radius 3 is 2.44 bits per heavy atom. The number of anilines is 2. The van der Waals surface area contributed by atoms with Crippen LogP contribution < -0.4 is 14.5 Å². The number of amides is 1. The van der Waals surface area contributed by atoms with Gasteiger partial charge in [-0.05, 0) is 97.1 Å². The first-order chi connectivity index (χ1) is 23.5. The molecule has 2 aromatic heterocycles. The van der Waals surface area contributed by atoms with Crippen molar-refractivity contribution in [3.63, 3.8) is 0 Å². The quantitative estimate of drug-likeness (QED) is 0.164. The molecule has 8 rings (SSSR count). The van der Waals surface area contributed by atoms with Crippen LogP contribution in [0, 0.1) is 4.77 Å². The average molecular weight is 663 g/mol. The number of morpholine rings is 1. The minimum atomic E-state index is 0.193. The Morgan fingerprint density at radius 2 is 1.71 bits per heavy atom. The number of hydrogen-bond acceptors (Lipinski definition) is 6. The molecule has 2 aliphatic heterocycles. The first kappa shape index (κ1) is 30.9. The molecule has 2 saturated heterocycles. The maximum Gasteiger partial charge on any atom is 0.227 e. The standard InChI is InChI=1S/C38H42N6O3S/c1-42-33-23-27(37-39-38(48)41-40-37)11-15-31(33)35(25-6-3-2-4-7-25)36(42)26-9-13-30(14-10-26)47-24-28-22-29(44-17-5-8-34(44)45)12-16-32(28)43-18-20-46-21-19-43/h9-16,22-23,25H,2-8,17-21,24H2,1H3,(H2,39,40,41,48). The third-order valence-electron chi connectivity index (χ3n) is 10.3. The second-order valence-corrected chi connectivity index (χ2v) is 13.7. The summed E-state index contributed by atoms with van der Waals surface area (Å²) in [7, 11) is 2.18. The van der Waals surface area contributed by atoms with Crippen LogP contribution in [0.3, 0.4) is 0 Å². The lowest BCUT2D eigenvalue weighted by atomic mass is 9.82. The van der Waals surface area contributed by atoms with Crippen molar-refractivity contribution in [2.45, 2.75) is 57.5 Å². The van der Waals surface area contributed by atoms with Gasteiger partial charge in [0, 0.05) is 66.5 Å². The highest BCUT2D eigenvalue weighted by molar-refractivity contribution is 7.71. The van der Waals surface area contributed by atoms with E-state index in [4.69, 9.17) is 21.7 Å². The molecule has 3 aromatic carbocycles. The Kier molecular flexibility index (Phi) is 8.52. The zero-order valence-electron chi connectivity index (χ0n) is 27.5. The lowest BCUT2D eigenvalue weighted by Crippen LogP contribution is -2.37. The van der Waals surface area contributed by atoms with Crippen molar-refractivity contribution in [2.75, 3.05) is 42.6 Å². The van der Waals surface area contributed by atoms with Gasteiger partial charge >= 0.3 is 0 Å². The van der Waals surface area contributed by atoms with Gasteiger partial charge in [-0.3, -0.25) is 15.0 Å². The van der Waals surface area contributed by atoms with E-state index in [0.29, 0.717) is 36.9 Å². The van der Waals surface area contributed by atoms with Crippen LogP contribution in [-0.2, 0) is 23.2 Å². The monoisotopic (exact) mass is 662 g/mol. The summed E-state index contributed by atoms with van der Waals surface area (Å²) in [6.45, 7) is 4.30. The summed E-state index contributed by atoms with van der Waals surface area (Å²) in [6.07, 6.45) is 7.81. The molecule has 2 N–H and O–H groups in total. The van der Waals surface area contributed by atoms with E-state index in [2.05, 4.69) is 92.4 Å². The molecule has 0 atom stereocenters. The molecule has 10 heteroatoms. The van der Waals surface area contributed by atoms with Crippen LogP contribution in [0.4, 0.5) is 11.4 Å². The van der Waals surface area contributed by atoms with Gasteiger partial charge < -0.3 is 23.8 Å². The Labute approximate surface area is 285 Å². The molecule has 0 radical (unpaired) electrons. The van der Waals surface area contributed by atoms with Crippen LogP contribution in [0.2, 0.25) is 0 Å². The fourth-order valence-electron chi connectivity index (χ4n) is 7.93. The molecule has 0 spiro atoms. The number of hydrogen-bond donors (Lipinski definition) is 2. The normalized spacial score (nSPS) is 17.5. The molecule has 1 saturated carbocycles. The van der Waals surface area contributed by atoms with Gasteiger partial charge in [-0.2, -0.15) is 4.98 Å². The van der Waals surface area contributed by atoms with Crippen LogP contribution in [0.25, 0.3) is 33.5 Å². The number of aromatic nitrogens is 4. The molecule has 9 nitrogen and oxygen atoms in total. The molecular formula is C38H42N6O3S. The van der Waals surface area contributed by atoms with Crippen LogP contribution in [0.1, 0.15) is 62.0 Å². The number of nitrogens with one attached hydrogen (secondary N) is 2. The number of rotatable bonds is 8. The first-order valence-corrected chi connectivity index (χ1v) is 17.7. The van der Waals surface area contributed by atoms with E-state index in [0.717, 1.165) is 60.1 Å². The van der Waals surface area contributed by atoms with Gasteiger partial charge in [-0.1, -0.05) is 31.4 Å². The van der Waals surface area contributed by atoms with E-state index in [1.54, 1.807) is 0 Å². The molecule has 1 amide bonds. The highest BCUT2D eigenvalue weighted by atomic mass is 32.1. The largest absolute Gasteiger partial charge is 0.489 e. The van der Waals surface area contributed by atoms with Gasteiger partial charge in [0.15, 0.2) is 5.82 Å². The molecule has 248 valence electrons. The summed E-state index contributed by atoms with van der Waals surface area (Å²) >= 11 is 5.22. The number of carbonyl (C=O) groups excluding carboxylic acids is 1. The van der Waals surface area contributed by atoms with Gasteiger partial charge in [0.25, 0.3) is 0 Å². The Hall–Kier alpha value is -4.41.